The van der Waals surface area contributed by atoms with Gasteiger partial charge in [0, 0.05) is 19.0 Å². The standard InChI is InChI=1S/C24H25NO4/c26-23(27)22-15-6-5-7-16(22)13-25(12-15)24(28)29-14-21-19-10-3-1-8-17(19)18-9-2-4-11-20(18)21/h1-4,8-11,15-16,21-22H,5-7,12-14H2,(H,26,27). The van der Waals surface area contributed by atoms with Gasteiger partial charge in [0.2, 0.25) is 0 Å². The number of benzene rings is 2. The third-order valence-electron chi connectivity index (χ3n) is 6.95. The van der Waals surface area contributed by atoms with Gasteiger partial charge in [-0.05, 0) is 46.9 Å². The Morgan fingerprint density at radius 1 is 0.931 bits per heavy atom. The minimum absolute atomic E-state index is 0.0421. The maximum absolute atomic E-state index is 12.8. The fourth-order valence-corrected chi connectivity index (χ4v) is 5.67. The molecule has 2 atom stereocenters. The topological polar surface area (TPSA) is 66.8 Å². The second kappa shape index (κ2) is 7.21. The summed E-state index contributed by atoms with van der Waals surface area (Å²) in [6.07, 6.45) is 2.49. The SMILES string of the molecule is O=C(O)C1C2CCCC1CN(C(=O)OCC1c3ccccc3-c3ccccc31)C2. The van der Waals surface area contributed by atoms with E-state index in [0.717, 1.165) is 19.3 Å². The quantitative estimate of drug-likeness (QED) is 0.844. The molecule has 1 N–H and O–H groups in total. The van der Waals surface area contributed by atoms with E-state index in [1.807, 2.05) is 24.3 Å². The third-order valence-corrected chi connectivity index (χ3v) is 6.95. The van der Waals surface area contributed by atoms with E-state index < -0.39 is 5.97 Å². The lowest BCUT2D eigenvalue weighted by molar-refractivity contribution is -0.150. The average Bonchev–Trinajstić information content (AvgIpc) is 3.05. The van der Waals surface area contributed by atoms with Gasteiger partial charge in [0.15, 0.2) is 0 Å². The van der Waals surface area contributed by atoms with Crippen LogP contribution in [0, 0.1) is 17.8 Å². The molecule has 150 valence electrons. The van der Waals surface area contributed by atoms with Crippen LogP contribution in [-0.4, -0.2) is 41.8 Å². The molecule has 29 heavy (non-hydrogen) atoms. The first-order valence-corrected chi connectivity index (χ1v) is 10.5. The number of hydrogen-bond acceptors (Lipinski definition) is 3. The van der Waals surface area contributed by atoms with Gasteiger partial charge in [0.05, 0.1) is 5.92 Å². The molecule has 0 radical (unpaired) electrons. The second-order valence-corrected chi connectivity index (χ2v) is 8.52. The number of piperidine rings is 1. The summed E-state index contributed by atoms with van der Waals surface area (Å²) in [5.41, 5.74) is 4.81. The van der Waals surface area contributed by atoms with Crippen LogP contribution in [0.5, 0.6) is 0 Å². The number of likely N-dealkylation sites (tertiary alicyclic amines) is 1. The van der Waals surface area contributed by atoms with Gasteiger partial charge < -0.3 is 14.7 Å². The molecule has 2 aliphatic carbocycles. The van der Waals surface area contributed by atoms with E-state index >= 15 is 0 Å². The molecule has 1 amide bonds. The molecule has 0 spiro atoms. The molecule has 2 aromatic rings. The monoisotopic (exact) mass is 391 g/mol. The number of fused-ring (bicyclic) bond motifs is 5. The summed E-state index contributed by atoms with van der Waals surface area (Å²) < 4.78 is 5.78. The van der Waals surface area contributed by atoms with Crippen LogP contribution in [0.25, 0.3) is 11.1 Å². The Labute approximate surface area is 170 Å². The van der Waals surface area contributed by atoms with Crippen molar-refractivity contribution in [1.29, 1.82) is 0 Å². The number of carbonyl (C=O) groups excluding carboxylic acids is 1. The summed E-state index contributed by atoms with van der Waals surface area (Å²) in [7, 11) is 0. The molecule has 5 heteroatoms. The molecule has 2 aromatic carbocycles. The Kier molecular flexibility index (Phi) is 4.53. The average molecular weight is 391 g/mol. The lowest BCUT2D eigenvalue weighted by Gasteiger charge is -2.44. The summed E-state index contributed by atoms with van der Waals surface area (Å²) >= 11 is 0. The molecule has 5 nitrogen and oxygen atoms in total. The fraction of sp³-hybridized carbons (Fsp3) is 0.417. The smallest absolute Gasteiger partial charge is 0.409 e. The van der Waals surface area contributed by atoms with Crippen molar-refractivity contribution in [2.24, 2.45) is 17.8 Å². The van der Waals surface area contributed by atoms with E-state index in [0.29, 0.717) is 19.7 Å². The summed E-state index contributed by atoms with van der Waals surface area (Å²) in [4.78, 5) is 26.2. The van der Waals surface area contributed by atoms with Crippen LogP contribution in [0.2, 0.25) is 0 Å². The van der Waals surface area contributed by atoms with Crippen molar-refractivity contribution in [3.05, 3.63) is 59.7 Å². The summed E-state index contributed by atoms with van der Waals surface area (Å²) in [6.45, 7) is 1.29. The molecule has 2 unspecified atom stereocenters. The largest absolute Gasteiger partial charge is 0.481 e. The third kappa shape index (κ3) is 3.09. The summed E-state index contributed by atoms with van der Waals surface area (Å²) in [6, 6.07) is 16.6. The normalized spacial score (nSPS) is 25.2. The minimum Gasteiger partial charge on any atom is -0.481 e. The Hall–Kier alpha value is -2.82. The highest BCUT2D eigenvalue weighted by Gasteiger charge is 2.45. The Morgan fingerprint density at radius 2 is 1.48 bits per heavy atom. The number of aliphatic carboxylic acids is 1. The highest BCUT2D eigenvalue weighted by atomic mass is 16.6. The first kappa shape index (κ1) is 18.2. The van der Waals surface area contributed by atoms with Crippen LogP contribution in [0.4, 0.5) is 4.79 Å². The van der Waals surface area contributed by atoms with Crippen LogP contribution >= 0.6 is 0 Å². The maximum atomic E-state index is 12.8. The van der Waals surface area contributed by atoms with Gasteiger partial charge in [-0.2, -0.15) is 0 Å². The molecule has 2 fully saturated rings. The van der Waals surface area contributed by atoms with Crippen LogP contribution in [0.3, 0.4) is 0 Å². The van der Waals surface area contributed by atoms with E-state index in [-0.39, 0.29) is 29.8 Å². The summed E-state index contributed by atoms with van der Waals surface area (Å²) in [5, 5.41) is 9.57. The van der Waals surface area contributed by atoms with Crippen molar-refractivity contribution in [2.75, 3.05) is 19.7 Å². The lowest BCUT2D eigenvalue weighted by atomic mass is 9.69. The van der Waals surface area contributed by atoms with Crippen LogP contribution < -0.4 is 0 Å². The Morgan fingerprint density at radius 3 is 2.03 bits per heavy atom. The van der Waals surface area contributed by atoms with Crippen molar-refractivity contribution in [1.82, 2.24) is 4.90 Å². The molecule has 2 bridgehead atoms. The first-order chi connectivity index (χ1) is 14.1. The number of carbonyl (C=O) groups is 2. The molecule has 3 aliphatic rings. The summed E-state index contributed by atoms with van der Waals surface area (Å²) in [5.74, 6) is -0.906. The molecule has 1 aliphatic heterocycles. The Balaban J connectivity index is 1.30. The van der Waals surface area contributed by atoms with E-state index in [2.05, 4.69) is 24.3 Å². The van der Waals surface area contributed by atoms with Gasteiger partial charge in [0.25, 0.3) is 0 Å². The van der Waals surface area contributed by atoms with Crippen molar-refractivity contribution >= 4 is 12.1 Å². The van der Waals surface area contributed by atoms with E-state index in [1.165, 1.54) is 22.3 Å². The van der Waals surface area contributed by atoms with Gasteiger partial charge >= 0.3 is 12.1 Å². The molecule has 5 rings (SSSR count). The predicted molar refractivity (Wildman–Crippen MR) is 109 cm³/mol. The predicted octanol–water partition coefficient (Wildman–Crippen LogP) is 4.37. The molecule has 1 saturated heterocycles. The lowest BCUT2D eigenvalue weighted by Crippen LogP contribution is -2.53. The van der Waals surface area contributed by atoms with E-state index in [9.17, 15) is 14.7 Å². The molecular formula is C24H25NO4. The molecule has 1 saturated carbocycles. The number of nitrogens with zero attached hydrogens (tertiary/aromatic N) is 1. The zero-order valence-corrected chi connectivity index (χ0v) is 16.3. The molecule has 1 heterocycles. The Bertz CT molecular complexity index is 896. The highest BCUT2D eigenvalue weighted by Crippen LogP contribution is 2.45. The maximum Gasteiger partial charge on any atom is 0.409 e. The number of ether oxygens (including phenoxy) is 1. The van der Waals surface area contributed by atoms with Gasteiger partial charge in [-0.25, -0.2) is 4.79 Å². The van der Waals surface area contributed by atoms with E-state index in [4.69, 9.17) is 4.74 Å². The highest BCUT2D eigenvalue weighted by molar-refractivity contribution is 5.79. The van der Waals surface area contributed by atoms with Gasteiger partial charge in [-0.3, -0.25) is 4.79 Å². The zero-order chi connectivity index (χ0) is 20.0. The number of carboxylic acids is 1. The van der Waals surface area contributed by atoms with Gasteiger partial charge in [0.1, 0.15) is 6.61 Å². The van der Waals surface area contributed by atoms with Gasteiger partial charge in [-0.15, -0.1) is 0 Å². The van der Waals surface area contributed by atoms with Crippen molar-refractivity contribution in [3.63, 3.8) is 0 Å². The van der Waals surface area contributed by atoms with E-state index in [1.54, 1.807) is 4.90 Å². The number of carboxylic acid groups (broad SMARTS) is 1. The number of amides is 1. The van der Waals surface area contributed by atoms with Crippen LogP contribution in [0.15, 0.2) is 48.5 Å². The molecular weight excluding hydrogens is 366 g/mol. The van der Waals surface area contributed by atoms with Crippen molar-refractivity contribution in [3.8, 4) is 11.1 Å². The zero-order valence-electron chi connectivity index (χ0n) is 16.3. The second-order valence-electron chi connectivity index (χ2n) is 8.52. The van der Waals surface area contributed by atoms with Crippen molar-refractivity contribution < 1.29 is 19.4 Å². The van der Waals surface area contributed by atoms with Crippen LogP contribution in [0.1, 0.15) is 36.3 Å². The van der Waals surface area contributed by atoms with Crippen molar-refractivity contribution in [2.45, 2.75) is 25.2 Å². The van der Waals surface area contributed by atoms with Crippen LogP contribution in [-0.2, 0) is 9.53 Å². The van der Waals surface area contributed by atoms with Gasteiger partial charge in [-0.1, -0.05) is 55.0 Å². The molecule has 0 aromatic heterocycles. The number of rotatable bonds is 3. The fourth-order valence-electron chi connectivity index (χ4n) is 5.67. The first-order valence-electron chi connectivity index (χ1n) is 10.5. The minimum atomic E-state index is -0.716. The number of hydrogen-bond donors (Lipinski definition) is 1.